The van der Waals surface area contributed by atoms with Crippen LogP contribution in [0, 0.1) is 0 Å². The Labute approximate surface area is 388 Å². The molecule has 8 aromatic rings. The maximum atomic E-state index is 2.63. The third kappa shape index (κ3) is 7.76. The van der Waals surface area contributed by atoms with E-state index in [1.807, 2.05) is 0 Å². The summed E-state index contributed by atoms with van der Waals surface area (Å²) in [6.07, 6.45) is 9.22. The van der Waals surface area contributed by atoms with Crippen molar-refractivity contribution in [1.29, 1.82) is 0 Å². The van der Waals surface area contributed by atoms with Crippen molar-refractivity contribution in [2.75, 3.05) is 0 Å². The second-order valence-electron chi connectivity index (χ2n) is 18.8. The van der Waals surface area contributed by atoms with E-state index in [4.69, 9.17) is 0 Å². The van der Waals surface area contributed by atoms with Crippen LogP contribution in [0.3, 0.4) is 0 Å². The van der Waals surface area contributed by atoms with Gasteiger partial charge in [-0.05, 0) is 0 Å². The van der Waals surface area contributed by atoms with Gasteiger partial charge in [0.1, 0.15) is 0 Å². The molecule has 62 heavy (non-hydrogen) atoms. The van der Waals surface area contributed by atoms with Crippen molar-refractivity contribution in [3.63, 3.8) is 0 Å². The van der Waals surface area contributed by atoms with E-state index in [0.717, 1.165) is 12.8 Å². The molecule has 308 valence electrons. The predicted octanol–water partition coefficient (Wildman–Crippen LogP) is 15.7. The minimum atomic E-state index is -3.53. The number of halogens is 2. The quantitative estimate of drug-likeness (QED) is 0.146. The number of hydrogen-bond acceptors (Lipinski definition) is 0. The van der Waals surface area contributed by atoms with Crippen molar-refractivity contribution in [1.82, 2.24) is 0 Å². The molecular weight excluding hydrogens is 958 g/mol. The van der Waals surface area contributed by atoms with Crippen molar-refractivity contribution in [3.8, 4) is 33.4 Å². The van der Waals surface area contributed by atoms with Crippen LogP contribution in [-0.4, -0.2) is 3.26 Å². The molecule has 2 aliphatic carbocycles. The monoisotopic (exact) mass is 1010 g/mol. The average Bonchev–Trinajstić information content (AvgIpc) is 3.93. The Morgan fingerprint density at radius 3 is 1.56 bits per heavy atom. The Morgan fingerprint density at radius 2 is 1.02 bits per heavy atom. The summed E-state index contributed by atoms with van der Waals surface area (Å²) in [4.78, 5) is 0. The molecule has 0 radical (unpaired) electrons. The van der Waals surface area contributed by atoms with Crippen LogP contribution < -0.4 is 3.32 Å². The minimum absolute atomic E-state index is 0. The van der Waals surface area contributed by atoms with Gasteiger partial charge in [-0.25, -0.2) is 0 Å². The summed E-state index contributed by atoms with van der Waals surface area (Å²) < 4.78 is 4.90. The third-order valence-electron chi connectivity index (χ3n) is 12.8. The summed E-state index contributed by atoms with van der Waals surface area (Å²) in [5.74, 6) is 0. The zero-order valence-electron chi connectivity index (χ0n) is 36.6. The fraction of sp³-hybridized carbons (Fsp3) is 0.169. The van der Waals surface area contributed by atoms with Gasteiger partial charge in [-0.3, -0.25) is 0 Å². The third-order valence-corrected chi connectivity index (χ3v) is 24.0. The van der Waals surface area contributed by atoms with Crippen LogP contribution in [0.1, 0.15) is 81.3 Å². The minimum Gasteiger partial charge on any atom is -0.147 e. The first-order valence-electron chi connectivity index (χ1n) is 21.6. The van der Waals surface area contributed by atoms with Crippen LogP contribution in [-0.2, 0) is 38.2 Å². The molecule has 8 aromatic carbocycles. The van der Waals surface area contributed by atoms with E-state index in [1.54, 1.807) is 15.5 Å². The van der Waals surface area contributed by atoms with Crippen LogP contribution in [0.5, 0.6) is 0 Å². The van der Waals surface area contributed by atoms with E-state index < -0.39 is 21.0 Å². The van der Waals surface area contributed by atoms with E-state index in [0.29, 0.717) is 0 Å². The molecule has 2 aliphatic rings. The molecule has 0 fully saturated rings. The van der Waals surface area contributed by atoms with Crippen molar-refractivity contribution in [3.05, 3.63) is 219 Å². The molecule has 0 atom stereocenters. The Kier molecular flexibility index (Phi) is 12.2. The number of benzene rings is 8. The van der Waals surface area contributed by atoms with Crippen molar-refractivity contribution < 1.29 is 21.0 Å². The van der Waals surface area contributed by atoms with Gasteiger partial charge in [-0.1, -0.05) is 0 Å². The van der Waals surface area contributed by atoms with Gasteiger partial charge in [0.15, 0.2) is 0 Å². The molecule has 0 spiro atoms. The molecule has 3 heteroatoms. The van der Waals surface area contributed by atoms with Gasteiger partial charge in [0.05, 0.1) is 0 Å². The summed E-state index contributed by atoms with van der Waals surface area (Å²) in [7, 11) is 0. The standard InChI is InChI=1S/C33H33.C21H14.C5H5.2ClH.Hf/c1-32(2,3)30-20-26-24(18-28(30)22-13-9-7-10-14-22)17-25-19-29(23-15-11-8-12-16-23)31(21-27(25)26)33(4,5)6;1-3-13-20-16(7-1)9-5-11-18(20)15-19-12-6-10-17-8-2-4-14-21(17)19;1-2-4-5-3-1;;;/h7-16,18,20-21H,17H2,1-6H3;1-14H;1-3H,4H2;2*1H;. The maximum Gasteiger partial charge on any atom is -0.147 e. The van der Waals surface area contributed by atoms with Crippen LogP contribution in [0.2, 0.25) is 0 Å². The molecule has 0 heterocycles. The number of rotatable bonds is 6. The SMILES string of the molecule is CC(C)(C)c1cc2c(cc1-c1ccccc1)Cc1c-2cc(C(C)(C)C)c(-c2ccccc2)[c]1[Hf]([C]1=CC=CC1)=[C](c1cccc2ccccc12)c1cccc2ccccc12.Cl.Cl. The number of hydrogen-bond donors (Lipinski definition) is 0. The summed E-state index contributed by atoms with van der Waals surface area (Å²) in [5, 5.41) is 5.27. The van der Waals surface area contributed by atoms with Gasteiger partial charge >= 0.3 is 366 Å². The molecule has 0 unspecified atom stereocenters. The van der Waals surface area contributed by atoms with Gasteiger partial charge in [0.2, 0.25) is 0 Å². The second kappa shape index (κ2) is 17.3. The molecule has 10 rings (SSSR count). The Morgan fingerprint density at radius 1 is 0.500 bits per heavy atom. The predicted molar refractivity (Wildman–Crippen MR) is 270 cm³/mol. The molecule has 0 aromatic heterocycles. The van der Waals surface area contributed by atoms with Crippen LogP contribution in [0.4, 0.5) is 0 Å². The zero-order chi connectivity index (χ0) is 41.2. The van der Waals surface area contributed by atoms with Crippen molar-refractivity contribution in [2.24, 2.45) is 0 Å². The van der Waals surface area contributed by atoms with E-state index in [9.17, 15) is 0 Å². The largest absolute Gasteiger partial charge is 0.147 e. The molecule has 0 N–H and O–H groups in total. The molecule has 0 bridgehead atoms. The molecule has 0 nitrogen and oxygen atoms in total. The van der Waals surface area contributed by atoms with Crippen molar-refractivity contribution in [2.45, 2.75) is 65.2 Å². The van der Waals surface area contributed by atoms with Crippen LogP contribution >= 0.6 is 24.8 Å². The topological polar surface area (TPSA) is 0 Å². The van der Waals surface area contributed by atoms with Gasteiger partial charge in [0.25, 0.3) is 0 Å². The van der Waals surface area contributed by atoms with Crippen LogP contribution in [0.25, 0.3) is 54.9 Å². The first-order chi connectivity index (χ1) is 29.1. The van der Waals surface area contributed by atoms with E-state index in [1.165, 1.54) is 82.7 Å². The average molecular weight is 1010 g/mol. The smallest absolute Gasteiger partial charge is 0.147 e. The summed E-state index contributed by atoms with van der Waals surface area (Å²) in [5.41, 5.74) is 16.8. The van der Waals surface area contributed by atoms with Gasteiger partial charge in [0, 0.05) is 0 Å². The fourth-order valence-corrected chi connectivity index (χ4v) is 22.6. The van der Waals surface area contributed by atoms with E-state index in [2.05, 4.69) is 224 Å². The Bertz CT molecular complexity index is 2990. The van der Waals surface area contributed by atoms with Gasteiger partial charge < -0.3 is 0 Å². The number of fused-ring (bicyclic) bond motifs is 5. The van der Waals surface area contributed by atoms with E-state index >= 15 is 0 Å². The summed E-state index contributed by atoms with van der Waals surface area (Å²) in [6, 6.07) is 62.5. The Hall–Kier alpha value is -4.92. The molecule has 0 saturated heterocycles. The van der Waals surface area contributed by atoms with Crippen molar-refractivity contribution >= 4 is 52.9 Å². The summed E-state index contributed by atoms with van der Waals surface area (Å²) >= 11 is -3.53. The van der Waals surface area contributed by atoms with Crippen LogP contribution in [0.15, 0.2) is 185 Å². The normalized spacial score (nSPS) is 13.0. The zero-order valence-corrected chi connectivity index (χ0v) is 41.8. The first kappa shape index (κ1) is 43.7. The number of allylic oxidation sites excluding steroid dienone is 4. The van der Waals surface area contributed by atoms with E-state index in [-0.39, 0.29) is 35.6 Å². The Balaban J connectivity index is 0.00000264. The molecule has 0 amide bonds. The maximum absolute atomic E-state index is 3.53. The first-order valence-corrected chi connectivity index (χ1v) is 27.0. The second-order valence-corrected chi connectivity index (χ2v) is 27.4. The molecule has 0 aliphatic heterocycles. The fourth-order valence-electron chi connectivity index (χ4n) is 10.0. The summed E-state index contributed by atoms with van der Waals surface area (Å²) in [6.45, 7) is 14.4. The van der Waals surface area contributed by atoms with Gasteiger partial charge in [-0.15, -0.1) is 24.8 Å². The molecule has 0 saturated carbocycles. The molecular formula is C59H54Cl2Hf. The van der Waals surface area contributed by atoms with Gasteiger partial charge in [-0.2, -0.15) is 0 Å².